The average Bonchev–Trinajstić information content (AvgIpc) is 3.07. The number of halogens is 3. The standard InChI is InChI=1S/C17H21F3N2O2/c18-17(19,20)14-7-3-4-12(10-14)11-22-15(23)8-9-21-16(24)13-5-1-2-6-13/h3-4,7,10,13H,1-2,5-6,8-9,11H2,(H,21,24)(H,22,23). The van der Waals surface area contributed by atoms with Crippen LogP contribution in [0.4, 0.5) is 13.2 Å². The molecule has 1 fully saturated rings. The van der Waals surface area contributed by atoms with Crippen molar-refractivity contribution in [3.8, 4) is 0 Å². The molecule has 1 aliphatic rings. The number of hydrogen-bond acceptors (Lipinski definition) is 2. The van der Waals surface area contributed by atoms with Gasteiger partial charge in [-0.25, -0.2) is 0 Å². The summed E-state index contributed by atoms with van der Waals surface area (Å²) in [6.07, 6.45) is -0.367. The molecule has 0 radical (unpaired) electrons. The third-order valence-electron chi connectivity index (χ3n) is 4.12. The van der Waals surface area contributed by atoms with Gasteiger partial charge in [-0.15, -0.1) is 0 Å². The van der Waals surface area contributed by atoms with Crippen LogP contribution in [-0.4, -0.2) is 18.4 Å². The Bertz CT molecular complexity index is 581. The van der Waals surface area contributed by atoms with Crippen LogP contribution < -0.4 is 10.6 Å². The number of benzene rings is 1. The summed E-state index contributed by atoms with van der Waals surface area (Å²) in [6.45, 7) is 0.267. The Labute approximate surface area is 138 Å². The highest BCUT2D eigenvalue weighted by Gasteiger charge is 2.30. The number of amides is 2. The summed E-state index contributed by atoms with van der Waals surface area (Å²) in [5.74, 6) is -0.268. The Morgan fingerprint density at radius 2 is 1.83 bits per heavy atom. The fraction of sp³-hybridized carbons (Fsp3) is 0.529. The molecule has 0 atom stereocenters. The van der Waals surface area contributed by atoms with Crippen LogP contribution in [0.1, 0.15) is 43.2 Å². The van der Waals surface area contributed by atoms with Crippen LogP contribution in [0, 0.1) is 5.92 Å². The number of nitrogens with one attached hydrogen (secondary N) is 2. The Morgan fingerprint density at radius 1 is 1.12 bits per heavy atom. The fourth-order valence-corrected chi connectivity index (χ4v) is 2.78. The van der Waals surface area contributed by atoms with Crippen molar-refractivity contribution in [2.45, 2.75) is 44.8 Å². The molecule has 4 nitrogen and oxygen atoms in total. The first-order chi connectivity index (χ1) is 11.4. The maximum atomic E-state index is 12.6. The lowest BCUT2D eigenvalue weighted by molar-refractivity contribution is -0.137. The number of carbonyl (C=O) groups excluding carboxylic acids is 2. The van der Waals surface area contributed by atoms with Crippen molar-refractivity contribution < 1.29 is 22.8 Å². The minimum absolute atomic E-state index is 0.0156. The summed E-state index contributed by atoms with van der Waals surface area (Å²) in [5, 5.41) is 5.30. The van der Waals surface area contributed by atoms with Gasteiger partial charge in [0.25, 0.3) is 0 Å². The van der Waals surface area contributed by atoms with Gasteiger partial charge in [-0.2, -0.15) is 13.2 Å². The predicted molar refractivity (Wildman–Crippen MR) is 82.9 cm³/mol. The van der Waals surface area contributed by atoms with Crippen LogP contribution >= 0.6 is 0 Å². The van der Waals surface area contributed by atoms with Gasteiger partial charge in [0, 0.05) is 25.4 Å². The van der Waals surface area contributed by atoms with Crippen molar-refractivity contribution in [1.82, 2.24) is 10.6 Å². The molecule has 1 aromatic rings. The molecule has 1 saturated carbocycles. The van der Waals surface area contributed by atoms with E-state index in [1.54, 1.807) is 0 Å². The number of alkyl halides is 3. The third-order valence-corrected chi connectivity index (χ3v) is 4.12. The summed E-state index contributed by atoms with van der Waals surface area (Å²) in [7, 11) is 0. The highest BCUT2D eigenvalue weighted by Crippen LogP contribution is 2.29. The molecule has 0 unspecified atom stereocenters. The lowest BCUT2D eigenvalue weighted by Gasteiger charge is -2.11. The van der Waals surface area contributed by atoms with Gasteiger partial charge >= 0.3 is 6.18 Å². The average molecular weight is 342 g/mol. The van der Waals surface area contributed by atoms with E-state index >= 15 is 0 Å². The van der Waals surface area contributed by atoms with Crippen LogP contribution in [-0.2, 0) is 22.3 Å². The maximum absolute atomic E-state index is 12.6. The molecule has 132 valence electrons. The Kier molecular flexibility index (Phi) is 6.23. The largest absolute Gasteiger partial charge is 0.416 e. The molecule has 24 heavy (non-hydrogen) atoms. The summed E-state index contributed by atoms with van der Waals surface area (Å²) < 4.78 is 37.8. The lowest BCUT2D eigenvalue weighted by Crippen LogP contribution is -2.33. The second-order valence-corrected chi connectivity index (χ2v) is 6.00. The minimum atomic E-state index is -4.40. The molecule has 0 heterocycles. The second-order valence-electron chi connectivity index (χ2n) is 6.00. The van der Waals surface area contributed by atoms with Crippen LogP contribution in [0.15, 0.2) is 24.3 Å². The van der Waals surface area contributed by atoms with E-state index in [1.807, 2.05) is 0 Å². The number of rotatable bonds is 6. The van der Waals surface area contributed by atoms with E-state index in [0.717, 1.165) is 37.8 Å². The number of hydrogen-bond donors (Lipinski definition) is 2. The lowest BCUT2D eigenvalue weighted by atomic mass is 10.1. The fourth-order valence-electron chi connectivity index (χ4n) is 2.78. The van der Waals surface area contributed by atoms with Crippen molar-refractivity contribution in [2.24, 2.45) is 5.92 Å². The van der Waals surface area contributed by atoms with Gasteiger partial charge in [0.15, 0.2) is 0 Å². The molecule has 2 N–H and O–H groups in total. The smallest absolute Gasteiger partial charge is 0.355 e. The Balaban J connectivity index is 1.70. The highest BCUT2D eigenvalue weighted by molar-refractivity contribution is 5.80. The predicted octanol–water partition coefficient (Wildman–Crippen LogP) is 3.02. The molecule has 0 aromatic heterocycles. The monoisotopic (exact) mass is 342 g/mol. The van der Waals surface area contributed by atoms with Gasteiger partial charge in [0.1, 0.15) is 0 Å². The van der Waals surface area contributed by atoms with Gasteiger partial charge in [-0.05, 0) is 30.5 Å². The molecule has 7 heteroatoms. The highest BCUT2D eigenvalue weighted by atomic mass is 19.4. The third kappa shape index (κ3) is 5.54. The molecule has 0 spiro atoms. The van der Waals surface area contributed by atoms with Gasteiger partial charge in [-0.1, -0.05) is 25.0 Å². The van der Waals surface area contributed by atoms with E-state index in [4.69, 9.17) is 0 Å². The quantitative estimate of drug-likeness (QED) is 0.835. The second kappa shape index (κ2) is 8.17. The van der Waals surface area contributed by atoms with Gasteiger partial charge in [0.2, 0.25) is 11.8 Å². The molecular weight excluding hydrogens is 321 g/mol. The molecule has 2 amide bonds. The zero-order valence-electron chi connectivity index (χ0n) is 13.3. The van der Waals surface area contributed by atoms with Crippen LogP contribution in [0.25, 0.3) is 0 Å². The zero-order chi connectivity index (χ0) is 17.6. The topological polar surface area (TPSA) is 58.2 Å². The van der Waals surface area contributed by atoms with E-state index in [9.17, 15) is 22.8 Å². The molecule has 0 saturated heterocycles. The summed E-state index contributed by atoms with van der Waals surface area (Å²) in [4.78, 5) is 23.5. The van der Waals surface area contributed by atoms with E-state index in [0.29, 0.717) is 5.56 Å². The minimum Gasteiger partial charge on any atom is -0.355 e. The van der Waals surface area contributed by atoms with Crippen molar-refractivity contribution in [1.29, 1.82) is 0 Å². The van der Waals surface area contributed by atoms with Gasteiger partial charge in [0.05, 0.1) is 5.56 Å². The van der Waals surface area contributed by atoms with Crippen molar-refractivity contribution in [3.05, 3.63) is 35.4 Å². The van der Waals surface area contributed by atoms with Crippen LogP contribution in [0.2, 0.25) is 0 Å². The number of carbonyl (C=O) groups is 2. The van der Waals surface area contributed by atoms with E-state index in [-0.39, 0.29) is 37.2 Å². The van der Waals surface area contributed by atoms with Crippen LogP contribution in [0.5, 0.6) is 0 Å². The normalized spacial score (nSPS) is 15.3. The van der Waals surface area contributed by atoms with Crippen molar-refractivity contribution in [3.63, 3.8) is 0 Å². The molecular formula is C17H21F3N2O2. The first-order valence-corrected chi connectivity index (χ1v) is 8.07. The van der Waals surface area contributed by atoms with Crippen molar-refractivity contribution >= 4 is 11.8 Å². The summed E-state index contributed by atoms with van der Waals surface area (Å²) >= 11 is 0. The van der Waals surface area contributed by atoms with E-state index in [1.165, 1.54) is 12.1 Å². The van der Waals surface area contributed by atoms with Crippen LogP contribution in [0.3, 0.4) is 0 Å². The van der Waals surface area contributed by atoms with Gasteiger partial charge < -0.3 is 10.6 Å². The summed E-state index contributed by atoms with van der Waals surface area (Å²) in [6, 6.07) is 4.84. The maximum Gasteiger partial charge on any atom is 0.416 e. The van der Waals surface area contributed by atoms with Crippen molar-refractivity contribution in [2.75, 3.05) is 6.54 Å². The summed E-state index contributed by atoms with van der Waals surface area (Å²) in [5.41, 5.74) is -0.355. The zero-order valence-corrected chi connectivity index (χ0v) is 13.3. The molecule has 0 bridgehead atoms. The van der Waals surface area contributed by atoms with E-state index < -0.39 is 11.7 Å². The van der Waals surface area contributed by atoms with Gasteiger partial charge in [-0.3, -0.25) is 9.59 Å². The van der Waals surface area contributed by atoms with E-state index in [2.05, 4.69) is 10.6 Å². The Morgan fingerprint density at radius 3 is 2.50 bits per heavy atom. The molecule has 1 aliphatic carbocycles. The molecule has 2 rings (SSSR count). The first kappa shape index (κ1) is 18.3. The molecule has 1 aromatic carbocycles. The Hall–Kier alpha value is -2.05. The SMILES string of the molecule is O=C(CCNC(=O)C1CCCC1)NCc1cccc(C(F)(F)F)c1. The molecule has 0 aliphatic heterocycles. The first-order valence-electron chi connectivity index (χ1n) is 8.07.